The van der Waals surface area contributed by atoms with Crippen LogP contribution in [-0.4, -0.2) is 76.4 Å². The van der Waals surface area contributed by atoms with Crippen LogP contribution in [0.4, 0.5) is 10.6 Å². The van der Waals surface area contributed by atoms with Gasteiger partial charge in [0.15, 0.2) is 0 Å². The number of ether oxygens (including phenoxy) is 1. The van der Waals surface area contributed by atoms with E-state index in [1.54, 1.807) is 17.2 Å². The lowest BCUT2D eigenvalue weighted by Gasteiger charge is -2.36. The first-order chi connectivity index (χ1) is 14.6. The summed E-state index contributed by atoms with van der Waals surface area (Å²) < 4.78 is 5.43. The third kappa shape index (κ3) is 4.33. The molecule has 0 saturated carbocycles. The van der Waals surface area contributed by atoms with E-state index in [2.05, 4.69) is 10.3 Å². The number of piperazine rings is 1. The summed E-state index contributed by atoms with van der Waals surface area (Å²) in [7, 11) is 0. The van der Waals surface area contributed by atoms with Crippen molar-refractivity contribution in [2.24, 2.45) is 0 Å². The van der Waals surface area contributed by atoms with Gasteiger partial charge in [0, 0.05) is 56.5 Å². The Balaban J connectivity index is 1.41. The SMILES string of the molecule is CC(C)(C)OC(=O)N1CCN(c2cc3c(cn2)CN(C2CCC(=O)NC2=O)C3=O)CC1. The molecule has 0 bridgehead atoms. The Labute approximate surface area is 180 Å². The van der Waals surface area contributed by atoms with Crippen LogP contribution in [0.15, 0.2) is 12.3 Å². The van der Waals surface area contributed by atoms with Gasteiger partial charge in [-0.05, 0) is 33.3 Å². The van der Waals surface area contributed by atoms with Crippen molar-refractivity contribution in [1.29, 1.82) is 0 Å². The second-order valence-corrected chi connectivity index (χ2v) is 9.05. The normalized spacial score (nSPS) is 21.8. The zero-order valence-corrected chi connectivity index (χ0v) is 18.0. The molecule has 0 aliphatic carbocycles. The zero-order valence-electron chi connectivity index (χ0n) is 18.0. The van der Waals surface area contributed by atoms with Gasteiger partial charge >= 0.3 is 6.09 Å². The number of rotatable bonds is 2. The molecule has 10 nitrogen and oxygen atoms in total. The minimum Gasteiger partial charge on any atom is -0.444 e. The summed E-state index contributed by atoms with van der Waals surface area (Å²) in [6, 6.07) is 1.12. The lowest BCUT2D eigenvalue weighted by atomic mass is 10.0. The van der Waals surface area contributed by atoms with Crippen molar-refractivity contribution >= 4 is 29.6 Å². The highest BCUT2D eigenvalue weighted by atomic mass is 16.6. The summed E-state index contributed by atoms with van der Waals surface area (Å²) in [5, 5.41) is 2.31. The molecule has 166 valence electrons. The summed E-state index contributed by atoms with van der Waals surface area (Å²) in [5.41, 5.74) is 0.764. The molecule has 1 unspecified atom stereocenters. The number of carbonyl (C=O) groups excluding carboxylic acids is 4. The molecule has 3 aliphatic heterocycles. The first-order valence-electron chi connectivity index (χ1n) is 10.5. The van der Waals surface area contributed by atoms with Gasteiger partial charge in [0.2, 0.25) is 11.8 Å². The van der Waals surface area contributed by atoms with Gasteiger partial charge in [0.25, 0.3) is 5.91 Å². The third-order valence-corrected chi connectivity index (χ3v) is 5.65. The van der Waals surface area contributed by atoms with Crippen LogP contribution in [0.25, 0.3) is 0 Å². The van der Waals surface area contributed by atoms with Gasteiger partial charge in [-0.2, -0.15) is 0 Å². The number of amides is 4. The number of nitrogens with one attached hydrogen (secondary N) is 1. The smallest absolute Gasteiger partial charge is 0.410 e. The number of piperidine rings is 1. The molecule has 1 atom stereocenters. The van der Waals surface area contributed by atoms with E-state index >= 15 is 0 Å². The van der Waals surface area contributed by atoms with Crippen molar-refractivity contribution < 1.29 is 23.9 Å². The van der Waals surface area contributed by atoms with Crippen LogP contribution >= 0.6 is 0 Å². The highest BCUT2D eigenvalue weighted by Crippen LogP contribution is 2.29. The van der Waals surface area contributed by atoms with Crippen LogP contribution in [0, 0.1) is 0 Å². The second-order valence-electron chi connectivity index (χ2n) is 9.05. The fraction of sp³-hybridized carbons (Fsp3) is 0.571. The molecule has 4 rings (SSSR count). The molecule has 4 heterocycles. The van der Waals surface area contributed by atoms with Crippen molar-refractivity contribution in [2.75, 3.05) is 31.1 Å². The Kier molecular flexibility index (Phi) is 5.32. The molecule has 2 saturated heterocycles. The van der Waals surface area contributed by atoms with E-state index in [-0.39, 0.29) is 24.3 Å². The number of carbonyl (C=O) groups is 4. The molecule has 31 heavy (non-hydrogen) atoms. The molecule has 2 fully saturated rings. The molecule has 0 radical (unpaired) electrons. The predicted molar refractivity (Wildman–Crippen MR) is 110 cm³/mol. The molecule has 0 aromatic carbocycles. The molecule has 1 aromatic rings. The lowest BCUT2D eigenvalue weighted by molar-refractivity contribution is -0.136. The van der Waals surface area contributed by atoms with Crippen LogP contribution < -0.4 is 10.2 Å². The van der Waals surface area contributed by atoms with Gasteiger partial charge in [-0.3, -0.25) is 19.7 Å². The van der Waals surface area contributed by atoms with Crippen LogP contribution in [0.3, 0.4) is 0 Å². The quantitative estimate of drug-likeness (QED) is 0.695. The topological polar surface area (TPSA) is 112 Å². The zero-order chi connectivity index (χ0) is 22.3. The van der Waals surface area contributed by atoms with Crippen LogP contribution in [0.2, 0.25) is 0 Å². The van der Waals surface area contributed by atoms with Crippen molar-refractivity contribution in [3.05, 3.63) is 23.4 Å². The van der Waals surface area contributed by atoms with Gasteiger partial charge in [-0.25, -0.2) is 9.78 Å². The fourth-order valence-electron chi connectivity index (χ4n) is 4.06. The number of hydrogen-bond donors (Lipinski definition) is 1. The van der Waals surface area contributed by atoms with E-state index in [1.807, 2.05) is 25.7 Å². The third-order valence-electron chi connectivity index (χ3n) is 5.65. The average Bonchev–Trinajstić information content (AvgIpc) is 3.03. The van der Waals surface area contributed by atoms with Gasteiger partial charge < -0.3 is 19.4 Å². The highest BCUT2D eigenvalue weighted by molar-refractivity contribution is 6.05. The Bertz CT molecular complexity index is 933. The van der Waals surface area contributed by atoms with Crippen molar-refractivity contribution in [1.82, 2.24) is 20.1 Å². The number of aromatic nitrogens is 1. The van der Waals surface area contributed by atoms with E-state index < -0.39 is 17.6 Å². The fourth-order valence-corrected chi connectivity index (χ4v) is 4.06. The number of nitrogens with zero attached hydrogens (tertiary/aromatic N) is 4. The van der Waals surface area contributed by atoms with E-state index in [1.165, 1.54) is 4.90 Å². The van der Waals surface area contributed by atoms with E-state index in [9.17, 15) is 19.2 Å². The Morgan fingerprint density at radius 3 is 2.52 bits per heavy atom. The summed E-state index contributed by atoms with van der Waals surface area (Å²) in [6.07, 6.45) is 1.90. The van der Waals surface area contributed by atoms with E-state index in [0.29, 0.717) is 50.5 Å². The molecular weight excluding hydrogens is 402 g/mol. The Morgan fingerprint density at radius 1 is 1.16 bits per heavy atom. The van der Waals surface area contributed by atoms with Gasteiger partial charge in [0.05, 0.1) is 0 Å². The standard InChI is InChI=1S/C21H27N5O5/c1-21(2,3)31-20(30)25-8-6-24(7-9-25)16-10-14-13(11-22-16)12-26(19(14)29)15-4-5-17(27)23-18(15)28/h10-11,15H,4-9,12H2,1-3H3,(H,23,27,28). The van der Waals surface area contributed by atoms with Crippen molar-refractivity contribution in [3.8, 4) is 0 Å². The Hall–Kier alpha value is -3.17. The Morgan fingerprint density at radius 2 is 1.87 bits per heavy atom. The van der Waals surface area contributed by atoms with Gasteiger partial charge in [-0.1, -0.05) is 0 Å². The molecule has 10 heteroatoms. The van der Waals surface area contributed by atoms with Gasteiger partial charge in [-0.15, -0.1) is 0 Å². The maximum atomic E-state index is 13.0. The predicted octanol–water partition coefficient (Wildman–Crippen LogP) is 0.900. The number of anilines is 1. The number of imide groups is 1. The molecule has 4 amide bonds. The first kappa shape index (κ1) is 21.1. The highest BCUT2D eigenvalue weighted by Gasteiger charge is 2.39. The number of hydrogen-bond acceptors (Lipinski definition) is 7. The van der Waals surface area contributed by atoms with Crippen LogP contribution in [0.1, 0.15) is 49.5 Å². The van der Waals surface area contributed by atoms with Crippen molar-refractivity contribution in [2.45, 2.75) is 51.8 Å². The molecule has 1 aromatic heterocycles. The summed E-state index contributed by atoms with van der Waals surface area (Å²) in [4.78, 5) is 58.5. The average molecular weight is 429 g/mol. The van der Waals surface area contributed by atoms with Gasteiger partial charge in [0.1, 0.15) is 17.5 Å². The van der Waals surface area contributed by atoms with E-state index in [4.69, 9.17) is 4.74 Å². The van der Waals surface area contributed by atoms with Crippen molar-refractivity contribution in [3.63, 3.8) is 0 Å². The summed E-state index contributed by atoms with van der Waals surface area (Å²) >= 11 is 0. The van der Waals surface area contributed by atoms with E-state index in [0.717, 1.165) is 5.56 Å². The number of fused-ring (bicyclic) bond motifs is 1. The maximum absolute atomic E-state index is 13.0. The van der Waals surface area contributed by atoms with Crippen LogP contribution in [0.5, 0.6) is 0 Å². The molecule has 3 aliphatic rings. The minimum absolute atomic E-state index is 0.222. The maximum Gasteiger partial charge on any atom is 0.410 e. The minimum atomic E-state index is -0.640. The second kappa shape index (κ2) is 7.82. The monoisotopic (exact) mass is 429 g/mol. The first-order valence-corrected chi connectivity index (χ1v) is 10.5. The largest absolute Gasteiger partial charge is 0.444 e. The summed E-state index contributed by atoms with van der Waals surface area (Å²) in [5.74, 6) is -0.287. The summed E-state index contributed by atoms with van der Waals surface area (Å²) in [6.45, 7) is 7.99. The number of pyridine rings is 1. The molecular formula is C21H27N5O5. The molecule has 1 N–H and O–H groups in total. The van der Waals surface area contributed by atoms with Crippen LogP contribution in [-0.2, 0) is 20.9 Å². The molecule has 0 spiro atoms. The lowest BCUT2D eigenvalue weighted by Crippen LogP contribution is -2.52.